The van der Waals surface area contributed by atoms with Gasteiger partial charge in [0.25, 0.3) is 0 Å². The van der Waals surface area contributed by atoms with E-state index in [0.29, 0.717) is 6.07 Å². The first-order valence-electron chi connectivity index (χ1n) is 5.57. The molecule has 2 aromatic rings. The Hall–Kier alpha value is -0.870. The van der Waals surface area contributed by atoms with Gasteiger partial charge in [0.15, 0.2) is 5.78 Å². The van der Waals surface area contributed by atoms with Crippen LogP contribution in [0.5, 0.6) is 0 Å². The number of ketones is 1. The van der Waals surface area contributed by atoms with E-state index >= 15 is 0 Å². The molecule has 0 aromatic heterocycles. The quantitative estimate of drug-likeness (QED) is 0.354. The van der Waals surface area contributed by atoms with E-state index in [0.717, 1.165) is 6.07 Å². The molecule has 0 bridgehead atoms. The zero-order valence-electron chi connectivity index (χ0n) is 10.4. The summed E-state index contributed by atoms with van der Waals surface area (Å²) in [7, 11) is 0. The summed E-state index contributed by atoms with van der Waals surface area (Å²) < 4.78 is 27.1. The topological polar surface area (TPSA) is 17.1 Å². The average molecular weight is 370 g/mol. The van der Waals surface area contributed by atoms with Crippen molar-refractivity contribution in [2.75, 3.05) is 0 Å². The van der Waals surface area contributed by atoms with Gasteiger partial charge in [-0.15, -0.1) is 0 Å². The average Bonchev–Trinajstić information content (AvgIpc) is 2.40. The molecule has 2 aromatic carbocycles. The molecular weight excluding hydrogens is 364 g/mol. The zero-order chi connectivity index (χ0) is 15.9. The molecule has 1 nitrogen and oxygen atoms in total. The van der Waals surface area contributed by atoms with Crippen molar-refractivity contribution in [3.63, 3.8) is 0 Å². The summed E-state index contributed by atoms with van der Waals surface area (Å²) in [5.74, 6) is -2.57. The van der Waals surface area contributed by atoms with Crippen molar-refractivity contribution in [1.29, 1.82) is 0 Å². The molecule has 0 amide bonds. The Balaban J connectivity index is 2.66. The molecule has 0 fully saturated rings. The summed E-state index contributed by atoms with van der Waals surface area (Å²) in [6, 6.07) is 2.95. The van der Waals surface area contributed by atoms with Gasteiger partial charge in [0.05, 0.1) is 31.2 Å². The fourth-order valence-corrected chi connectivity index (χ4v) is 2.82. The fourth-order valence-electron chi connectivity index (χ4n) is 1.74. The second-order valence-corrected chi connectivity index (χ2v) is 5.82. The van der Waals surface area contributed by atoms with Crippen molar-refractivity contribution < 1.29 is 13.6 Å². The molecule has 0 N–H and O–H groups in total. The first kappa shape index (κ1) is 16.5. The minimum absolute atomic E-state index is 0.0645. The maximum Gasteiger partial charge on any atom is 0.199 e. The Morgan fingerprint density at radius 2 is 1.52 bits per heavy atom. The van der Waals surface area contributed by atoms with Gasteiger partial charge in [0, 0.05) is 6.07 Å². The number of halogens is 6. The van der Waals surface area contributed by atoms with Gasteiger partial charge in [-0.05, 0) is 24.6 Å². The summed E-state index contributed by atoms with van der Waals surface area (Å²) in [6.07, 6.45) is 0. The lowest BCUT2D eigenvalue weighted by molar-refractivity contribution is 0.103. The largest absolute Gasteiger partial charge is 0.288 e. The van der Waals surface area contributed by atoms with Crippen molar-refractivity contribution in [3.05, 3.63) is 66.6 Å². The van der Waals surface area contributed by atoms with Gasteiger partial charge in [0.1, 0.15) is 11.6 Å². The Morgan fingerprint density at radius 1 is 0.905 bits per heavy atom. The Kier molecular flexibility index (Phi) is 4.79. The van der Waals surface area contributed by atoms with E-state index in [1.165, 1.54) is 13.0 Å². The van der Waals surface area contributed by atoms with E-state index < -0.39 is 17.4 Å². The molecule has 0 unspecified atom stereocenters. The maximum atomic E-state index is 13.8. The molecule has 110 valence electrons. The third-order valence-electron chi connectivity index (χ3n) is 2.83. The summed E-state index contributed by atoms with van der Waals surface area (Å²) >= 11 is 23.5. The molecule has 0 aliphatic rings. The standard InChI is InChI=1S/C14H6Cl4F2O/c1-5-2-6(10(20)4-9(5)19)14(21)11-7(15)3-8(16)12(17)13(11)18/h2-4H,1H3. The molecule has 21 heavy (non-hydrogen) atoms. The highest BCUT2D eigenvalue weighted by Crippen LogP contribution is 2.38. The smallest absolute Gasteiger partial charge is 0.199 e. The van der Waals surface area contributed by atoms with Crippen LogP contribution >= 0.6 is 46.4 Å². The highest BCUT2D eigenvalue weighted by atomic mass is 35.5. The number of rotatable bonds is 2. The number of carbonyl (C=O) groups excluding carboxylic acids is 1. The summed E-state index contributed by atoms with van der Waals surface area (Å²) in [5.41, 5.74) is -0.416. The van der Waals surface area contributed by atoms with Gasteiger partial charge < -0.3 is 0 Å². The molecule has 0 heterocycles. The van der Waals surface area contributed by atoms with Crippen molar-refractivity contribution in [3.8, 4) is 0 Å². The van der Waals surface area contributed by atoms with Crippen LogP contribution in [0.25, 0.3) is 0 Å². The number of carbonyl (C=O) groups is 1. The maximum absolute atomic E-state index is 13.8. The van der Waals surface area contributed by atoms with E-state index in [1.807, 2.05) is 0 Å². The summed E-state index contributed by atoms with van der Waals surface area (Å²) in [6.45, 7) is 1.41. The predicted octanol–water partition coefficient (Wildman–Crippen LogP) is 6.12. The monoisotopic (exact) mass is 368 g/mol. The van der Waals surface area contributed by atoms with Crippen LogP contribution in [0.3, 0.4) is 0 Å². The third kappa shape index (κ3) is 3.02. The lowest BCUT2D eigenvalue weighted by Crippen LogP contribution is -2.08. The summed E-state index contributed by atoms with van der Waals surface area (Å²) in [4.78, 5) is 12.4. The summed E-state index contributed by atoms with van der Waals surface area (Å²) in [5, 5.41) is -0.245. The van der Waals surface area contributed by atoms with Crippen molar-refractivity contribution >= 4 is 52.2 Å². The number of hydrogen-bond donors (Lipinski definition) is 0. The SMILES string of the molecule is Cc1cc(C(=O)c2c(Cl)cc(Cl)c(Cl)c2Cl)c(F)cc1F. The molecule has 0 spiro atoms. The van der Waals surface area contributed by atoms with Gasteiger partial charge >= 0.3 is 0 Å². The van der Waals surface area contributed by atoms with E-state index in [2.05, 4.69) is 0 Å². The van der Waals surface area contributed by atoms with Crippen LogP contribution in [0.4, 0.5) is 8.78 Å². The van der Waals surface area contributed by atoms with Gasteiger partial charge in [-0.3, -0.25) is 4.79 Å². The second-order valence-electron chi connectivity index (χ2n) is 4.25. The molecule has 0 atom stereocenters. The van der Waals surface area contributed by atoms with E-state index in [1.54, 1.807) is 0 Å². The fraction of sp³-hybridized carbons (Fsp3) is 0.0714. The van der Waals surface area contributed by atoms with Crippen LogP contribution in [0.1, 0.15) is 21.5 Å². The van der Waals surface area contributed by atoms with Crippen LogP contribution in [0.15, 0.2) is 18.2 Å². The van der Waals surface area contributed by atoms with Crippen LogP contribution in [-0.4, -0.2) is 5.78 Å². The molecule has 0 saturated heterocycles. The highest BCUT2D eigenvalue weighted by molar-refractivity contribution is 6.51. The first-order chi connectivity index (χ1) is 9.73. The zero-order valence-corrected chi connectivity index (χ0v) is 13.4. The minimum Gasteiger partial charge on any atom is -0.288 e. The Labute approximate surface area is 139 Å². The van der Waals surface area contributed by atoms with Gasteiger partial charge in [-0.25, -0.2) is 8.78 Å². The predicted molar refractivity (Wildman–Crippen MR) is 81.0 cm³/mol. The normalized spacial score (nSPS) is 10.8. The molecule has 7 heteroatoms. The molecule has 0 saturated carbocycles. The number of aryl methyl sites for hydroxylation is 1. The van der Waals surface area contributed by atoms with Crippen LogP contribution < -0.4 is 0 Å². The third-order valence-corrected chi connectivity index (χ3v) is 4.39. The van der Waals surface area contributed by atoms with Crippen LogP contribution in [0.2, 0.25) is 20.1 Å². The second kappa shape index (κ2) is 6.09. The molecule has 0 aliphatic heterocycles. The van der Waals surface area contributed by atoms with Gasteiger partial charge in [0.2, 0.25) is 0 Å². The number of hydrogen-bond acceptors (Lipinski definition) is 1. The van der Waals surface area contributed by atoms with Crippen molar-refractivity contribution in [2.45, 2.75) is 6.92 Å². The highest BCUT2D eigenvalue weighted by Gasteiger charge is 2.24. The molecule has 0 radical (unpaired) electrons. The van der Waals surface area contributed by atoms with Gasteiger partial charge in [-0.1, -0.05) is 46.4 Å². The molecule has 0 aliphatic carbocycles. The van der Waals surface area contributed by atoms with Crippen molar-refractivity contribution in [2.24, 2.45) is 0 Å². The lowest BCUT2D eigenvalue weighted by atomic mass is 10.0. The number of benzene rings is 2. The molecule has 2 rings (SSSR count). The minimum atomic E-state index is -1.01. The first-order valence-corrected chi connectivity index (χ1v) is 7.08. The van der Waals surface area contributed by atoms with E-state index in [-0.39, 0.29) is 36.8 Å². The van der Waals surface area contributed by atoms with Crippen molar-refractivity contribution in [1.82, 2.24) is 0 Å². The van der Waals surface area contributed by atoms with Crippen LogP contribution in [0, 0.1) is 18.6 Å². The Bertz CT molecular complexity index is 759. The van der Waals surface area contributed by atoms with Crippen LogP contribution in [-0.2, 0) is 0 Å². The van der Waals surface area contributed by atoms with E-state index in [4.69, 9.17) is 46.4 Å². The van der Waals surface area contributed by atoms with E-state index in [9.17, 15) is 13.6 Å². The Morgan fingerprint density at radius 3 is 2.14 bits per heavy atom. The van der Waals surface area contributed by atoms with Gasteiger partial charge in [-0.2, -0.15) is 0 Å². The molecular formula is C14H6Cl4F2O. The lowest BCUT2D eigenvalue weighted by Gasteiger charge is -2.10.